The highest BCUT2D eigenvalue weighted by Gasteiger charge is 2.06. The third-order valence-corrected chi connectivity index (χ3v) is 2.02. The summed E-state index contributed by atoms with van der Waals surface area (Å²) in [6.45, 7) is 1.76. The van der Waals surface area contributed by atoms with Gasteiger partial charge in [-0.3, -0.25) is 10.1 Å². The van der Waals surface area contributed by atoms with Crippen molar-refractivity contribution in [3.05, 3.63) is 45.6 Å². The Morgan fingerprint density at radius 1 is 1.60 bits per heavy atom. The fraction of sp³-hybridized carbons (Fsp3) is 0.273. The van der Waals surface area contributed by atoms with Crippen LogP contribution < -0.4 is 4.74 Å². The smallest absolute Gasteiger partial charge is 0.246 e. The Bertz CT molecular complexity index is 385. The molecular weight excluding hydrogens is 194 g/mol. The number of hydrogen-bond donors (Lipinski definition) is 0. The first-order chi connectivity index (χ1) is 7.17. The van der Waals surface area contributed by atoms with Gasteiger partial charge < -0.3 is 4.74 Å². The van der Waals surface area contributed by atoms with Crippen molar-refractivity contribution in [1.82, 2.24) is 0 Å². The van der Waals surface area contributed by atoms with Crippen molar-refractivity contribution in [2.45, 2.75) is 13.3 Å². The van der Waals surface area contributed by atoms with E-state index in [0.29, 0.717) is 12.2 Å². The third kappa shape index (κ3) is 3.09. The Hall–Kier alpha value is -1.84. The molecule has 4 nitrogen and oxygen atoms in total. The van der Waals surface area contributed by atoms with Gasteiger partial charge in [0, 0.05) is 12.5 Å². The van der Waals surface area contributed by atoms with Gasteiger partial charge in [0.2, 0.25) is 5.70 Å². The molecule has 1 aromatic rings. The van der Waals surface area contributed by atoms with Crippen LogP contribution in [0.25, 0.3) is 6.08 Å². The first-order valence-corrected chi connectivity index (χ1v) is 4.66. The van der Waals surface area contributed by atoms with E-state index in [9.17, 15) is 10.1 Å². The van der Waals surface area contributed by atoms with Gasteiger partial charge in [0.25, 0.3) is 0 Å². The number of hydrogen-bond acceptors (Lipinski definition) is 3. The summed E-state index contributed by atoms with van der Waals surface area (Å²) >= 11 is 0. The van der Waals surface area contributed by atoms with Crippen molar-refractivity contribution in [3.63, 3.8) is 0 Å². The van der Waals surface area contributed by atoms with E-state index in [1.54, 1.807) is 38.3 Å². The van der Waals surface area contributed by atoms with E-state index < -0.39 is 0 Å². The number of rotatable bonds is 4. The predicted molar refractivity (Wildman–Crippen MR) is 58.3 cm³/mol. The summed E-state index contributed by atoms with van der Waals surface area (Å²) in [5.41, 5.74) is 0.978. The summed E-state index contributed by atoms with van der Waals surface area (Å²) in [6.07, 6.45) is 1.97. The molecule has 0 heterocycles. The van der Waals surface area contributed by atoms with Gasteiger partial charge in [-0.15, -0.1) is 0 Å². The molecule has 0 aromatic heterocycles. The fourth-order valence-electron chi connectivity index (χ4n) is 1.21. The summed E-state index contributed by atoms with van der Waals surface area (Å²) in [5, 5.41) is 10.6. The molecule has 0 saturated heterocycles. The second-order valence-electron chi connectivity index (χ2n) is 3.02. The van der Waals surface area contributed by atoms with Gasteiger partial charge in [-0.05, 0) is 17.7 Å². The van der Waals surface area contributed by atoms with Crippen LogP contribution in [0.5, 0.6) is 5.75 Å². The SMILES string of the molecule is CC/C(=C\c1cccc(OC)c1)[N+](=O)[O-]. The van der Waals surface area contributed by atoms with Gasteiger partial charge in [-0.1, -0.05) is 19.1 Å². The minimum atomic E-state index is -0.362. The topological polar surface area (TPSA) is 52.4 Å². The second-order valence-corrected chi connectivity index (χ2v) is 3.02. The molecule has 15 heavy (non-hydrogen) atoms. The molecule has 80 valence electrons. The van der Waals surface area contributed by atoms with E-state index >= 15 is 0 Å². The summed E-state index contributed by atoms with van der Waals surface area (Å²) in [6, 6.07) is 7.17. The molecule has 0 aliphatic carbocycles. The van der Waals surface area contributed by atoms with Crippen molar-refractivity contribution >= 4 is 6.08 Å². The van der Waals surface area contributed by atoms with Crippen LogP contribution in [0, 0.1) is 10.1 Å². The van der Waals surface area contributed by atoms with Crippen molar-refractivity contribution < 1.29 is 9.66 Å². The van der Waals surface area contributed by atoms with E-state index in [1.165, 1.54) is 0 Å². The highest BCUT2D eigenvalue weighted by molar-refractivity contribution is 5.53. The minimum Gasteiger partial charge on any atom is -0.497 e. The lowest BCUT2D eigenvalue weighted by Gasteiger charge is -2.00. The highest BCUT2D eigenvalue weighted by Crippen LogP contribution is 2.16. The first kappa shape index (κ1) is 11.2. The molecule has 0 bridgehead atoms. The number of ether oxygens (including phenoxy) is 1. The minimum absolute atomic E-state index is 0.197. The Morgan fingerprint density at radius 2 is 2.33 bits per heavy atom. The summed E-state index contributed by atoms with van der Waals surface area (Å²) in [7, 11) is 1.57. The van der Waals surface area contributed by atoms with Crippen LogP contribution in [0.2, 0.25) is 0 Å². The molecule has 0 spiro atoms. The molecule has 0 radical (unpaired) electrons. The molecule has 1 aromatic carbocycles. The Kier molecular flexibility index (Phi) is 3.85. The molecule has 0 N–H and O–H groups in total. The number of allylic oxidation sites excluding steroid dienone is 1. The van der Waals surface area contributed by atoms with E-state index in [4.69, 9.17) is 4.74 Å². The van der Waals surface area contributed by atoms with Crippen molar-refractivity contribution in [3.8, 4) is 5.75 Å². The van der Waals surface area contributed by atoms with Crippen molar-refractivity contribution in [2.75, 3.05) is 7.11 Å². The molecule has 1 rings (SSSR count). The normalized spacial score (nSPS) is 11.2. The lowest BCUT2D eigenvalue weighted by atomic mass is 10.1. The second kappa shape index (κ2) is 5.14. The quantitative estimate of drug-likeness (QED) is 0.563. The van der Waals surface area contributed by atoms with Crippen LogP contribution in [0.4, 0.5) is 0 Å². The van der Waals surface area contributed by atoms with Gasteiger partial charge in [0.15, 0.2) is 0 Å². The van der Waals surface area contributed by atoms with Gasteiger partial charge in [0.05, 0.1) is 12.0 Å². The van der Waals surface area contributed by atoms with Gasteiger partial charge in [-0.2, -0.15) is 0 Å². The Labute approximate surface area is 88.3 Å². The third-order valence-electron chi connectivity index (χ3n) is 2.02. The molecule has 0 unspecified atom stereocenters. The Balaban J connectivity index is 3.00. The lowest BCUT2D eigenvalue weighted by molar-refractivity contribution is -0.425. The van der Waals surface area contributed by atoms with Crippen LogP contribution in [0.3, 0.4) is 0 Å². The molecule has 4 heteroatoms. The number of nitrogens with zero attached hydrogens (tertiary/aromatic N) is 1. The monoisotopic (exact) mass is 207 g/mol. The van der Waals surface area contributed by atoms with Crippen LogP contribution in [-0.2, 0) is 0 Å². The zero-order chi connectivity index (χ0) is 11.3. The molecule has 0 saturated carbocycles. The summed E-state index contributed by atoms with van der Waals surface area (Å²) in [4.78, 5) is 10.2. The maximum atomic E-state index is 10.6. The van der Waals surface area contributed by atoms with Crippen LogP contribution in [0.15, 0.2) is 30.0 Å². The van der Waals surface area contributed by atoms with Gasteiger partial charge >= 0.3 is 0 Å². The number of nitro groups is 1. The maximum Gasteiger partial charge on any atom is 0.246 e. The summed E-state index contributed by atoms with van der Waals surface area (Å²) in [5.74, 6) is 0.697. The van der Waals surface area contributed by atoms with E-state index in [1.807, 2.05) is 6.07 Å². The average Bonchev–Trinajstić information content (AvgIpc) is 2.25. The standard InChI is InChI=1S/C11H13NO3/c1-3-10(12(13)14)7-9-5-4-6-11(8-9)15-2/h4-8H,3H2,1-2H3/b10-7+. The number of methoxy groups -OCH3 is 1. The fourth-order valence-corrected chi connectivity index (χ4v) is 1.21. The van der Waals surface area contributed by atoms with Crippen LogP contribution >= 0.6 is 0 Å². The predicted octanol–water partition coefficient (Wildman–Crippen LogP) is 2.72. The van der Waals surface area contributed by atoms with Crippen molar-refractivity contribution in [1.29, 1.82) is 0 Å². The highest BCUT2D eigenvalue weighted by atomic mass is 16.6. The zero-order valence-corrected chi connectivity index (χ0v) is 8.77. The van der Waals surface area contributed by atoms with E-state index in [-0.39, 0.29) is 10.6 Å². The van der Waals surface area contributed by atoms with E-state index in [2.05, 4.69) is 0 Å². The number of benzene rings is 1. The molecule has 0 fully saturated rings. The Morgan fingerprint density at radius 3 is 2.87 bits per heavy atom. The first-order valence-electron chi connectivity index (χ1n) is 4.66. The van der Waals surface area contributed by atoms with Gasteiger partial charge in [-0.25, -0.2) is 0 Å². The molecule has 0 aliphatic rings. The maximum absolute atomic E-state index is 10.6. The molecule has 0 amide bonds. The van der Waals surface area contributed by atoms with E-state index in [0.717, 1.165) is 5.56 Å². The average molecular weight is 207 g/mol. The molecule has 0 atom stereocenters. The zero-order valence-electron chi connectivity index (χ0n) is 8.77. The lowest BCUT2D eigenvalue weighted by Crippen LogP contribution is -1.96. The van der Waals surface area contributed by atoms with Crippen molar-refractivity contribution in [2.24, 2.45) is 0 Å². The van der Waals surface area contributed by atoms with Crippen LogP contribution in [-0.4, -0.2) is 12.0 Å². The molecular formula is C11H13NO3. The van der Waals surface area contributed by atoms with Gasteiger partial charge in [0.1, 0.15) is 5.75 Å². The summed E-state index contributed by atoms with van der Waals surface area (Å²) < 4.78 is 5.03. The largest absolute Gasteiger partial charge is 0.497 e. The molecule has 0 aliphatic heterocycles. The van der Waals surface area contributed by atoms with Crippen LogP contribution in [0.1, 0.15) is 18.9 Å².